The summed E-state index contributed by atoms with van der Waals surface area (Å²) in [6.07, 6.45) is 0.0531. The Morgan fingerprint density at radius 3 is 2.19 bits per heavy atom. The Morgan fingerprint density at radius 1 is 1.25 bits per heavy atom. The lowest BCUT2D eigenvalue weighted by Gasteiger charge is -2.20. The molecule has 0 bridgehead atoms. The molecule has 1 rings (SSSR count). The van der Waals surface area contributed by atoms with Crippen LogP contribution in [-0.2, 0) is 0 Å². The van der Waals surface area contributed by atoms with E-state index in [1.54, 1.807) is 18.2 Å². The van der Waals surface area contributed by atoms with E-state index in [4.69, 9.17) is 27.9 Å². The average Bonchev–Trinajstić information content (AvgIpc) is 2.10. The SMILES string of the molecule is CC(CN(C)C)Oc1c(Cl)cccc1Cl.Cl. The van der Waals surface area contributed by atoms with Crippen LogP contribution in [0.4, 0.5) is 0 Å². The number of para-hydroxylation sites is 1. The third kappa shape index (κ3) is 4.79. The van der Waals surface area contributed by atoms with Gasteiger partial charge in [-0.25, -0.2) is 0 Å². The fourth-order valence-corrected chi connectivity index (χ4v) is 1.83. The Balaban J connectivity index is 0.00000225. The first kappa shape index (κ1) is 15.9. The number of benzene rings is 1. The van der Waals surface area contributed by atoms with Crippen LogP contribution in [-0.4, -0.2) is 31.6 Å². The van der Waals surface area contributed by atoms with Gasteiger partial charge < -0.3 is 9.64 Å². The van der Waals surface area contributed by atoms with Crippen LogP contribution in [0.5, 0.6) is 5.75 Å². The molecule has 0 aliphatic rings. The van der Waals surface area contributed by atoms with Gasteiger partial charge in [-0.1, -0.05) is 29.3 Å². The Bertz CT molecular complexity index is 311. The molecular formula is C11H16Cl3NO. The molecule has 1 aromatic rings. The minimum absolute atomic E-state index is 0. The summed E-state index contributed by atoms with van der Waals surface area (Å²) >= 11 is 12.0. The first-order valence-electron chi connectivity index (χ1n) is 4.76. The van der Waals surface area contributed by atoms with E-state index in [-0.39, 0.29) is 18.5 Å². The Hall–Kier alpha value is -0.150. The molecule has 0 amide bonds. The van der Waals surface area contributed by atoms with E-state index in [2.05, 4.69) is 4.90 Å². The van der Waals surface area contributed by atoms with Gasteiger partial charge in [-0.2, -0.15) is 0 Å². The highest BCUT2D eigenvalue weighted by Crippen LogP contribution is 2.33. The highest BCUT2D eigenvalue weighted by Gasteiger charge is 2.11. The Labute approximate surface area is 113 Å². The van der Waals surface area contributed by atoms with Crippen LogP contribution in [0, 0.1) is 0 Å². The molecule has 5 heteroatoms. The van der Waals surface area contributed by atoms with Crippen molar-refractivity contribution in [1.82, 2.24) is 4.90 Å². The Morgan fingerprint density at radius 2 is 1.75 bits per heavy atom. The molecule has 0 aliphatic heterocycles. The van der Waals surface area contributed by atoms with E-state index in [1.807, 2.05) is 21.0 Å². The highest BCUT2D eigenvalue weighted by molar-refractivity contribution is 6.37. The third-order valence-electron chi connectivity index (χ3n) is 1.86. The zero-order valence-corrected chi connectivity index (χ0v) is 11.9. The number of likely N-dealkylation sites (N-methyl/N-ethyl adjacent to an activating group) is 1. The molecule has 0 saturated carbocycles. The summed E-state index contributed by atoms with van der Waals surface area (Å²) in [5.41, 5.74) is 0. The van der Waals surface area contributed by atoms with Crippen LogP contribution in [0.2, 0.25) is 10.0 Å². The van der Waals surface area contributed by atoms with Gasteiger partial charge in [0, 0.05) is 6.54 Å². The number of rotatable bonds is 4. The number of ether oxygens (including phenoxy) is 1. The van der Waals surface area contributed by atoms with Crippen molar-refractivity contribution in [2.45, 2.75) is 13.0 Å². The number of hydrogen-bond donors (Lipinski definition) is 0. The summed E-state index contributed by atoms with van der Waals surface area (Å²) in [5.74, 6) is 0.565. The summed E-state index contributed by atoms with van der Waals surface area (Å²) in [6, 6.07) is 5.34. The van der Waals surface area contributed by atoms with Crippen molar-refractivity contribution in [2.75, 3.05) is 20.6 Å². The van der Waals surface area contributed by atoms with Gasteiger partial charge in [-0.15, -0.1) is 12.4 Å². The van der Waals surface area contributed by atoms with E-state index in [1.165, 1.54) is 0 Å². The molecule has 0 aliphatic carbocycles. The minimum Gasteiger partial charge on any atom is -0.486 e. The van der Waals surface area contributed by atoms with Crippen molar-refractivity contribution < 1.29 is 4.74 Å². The molecule has 0 spiro atoms. The fourth-order valence-electron chi connectivity index (χ4n) is 1.35. The highest BCUT2D eigenvalue weighted by atomic mass is 35.5. The molecule has 0 saturated heterocycles. The van der Waals surface area contributed by atoms with Gasteiger partial charge in [-0.05, 0) is 33.2 Å². The van der Waals surface area contributed by atoms with E-state index in [0.29, 0.717) is 15.8 Å². The minimum atomic E-state index is 0. The van der Waals surface area contributed by atoms with Gasteiger partial charge in [-0.3, -0.25) is 0 Å². The van der Waals surface area contributed by atoms with Gasteiger partial charge in [0.25, 0.3) is 0 Å². The van der Waals surface area contributed by atoms with Crippen molar-refractivity contribution in [3.63, 3.8) is 0 Å². The second-order valence-electron chi connectivity index (χ2n) is 3.74. The second kappa shape index (κ2) is 7.23. The van der Waals surface area contributed by atoms with Gasteiger partial charge in [0.1, 0.15) is 6.10 Å². The standard InChI is InChI=1S/C11H15Cl2NO.ClH/c1-8(7-14(2)3)15-11-9(12)5-4-6-10(11)13;/h4-6,8H,7H2,1-3H3;1H. The Kier molecular flexibility index (Phi) is 7.16. The number of hydrogen-bond acceptors (Lipinski definition) is 2. The lowest BCUT2D eigenvalue weighted by Crippen LogP contribution is -2.28. The molecule has 0 heterocycles. The molecule has 2 nitrogen and oxygen atoms in total. The smallest absolute Gasteiger partial charge is 0.156 e. The maximum atomic E-state index is 5.99. The van der Waals surface area contributed by atoms with Gasteiger partial charge in [0.15, 0.2) is 5.75 Å². The van der Waals surface area contributed by atoms with Crippen LogP contribution < -0.4 is 4.74 Å². The molecular weight excluding hydrogens is 268 g/mol. The topological polar surface area (TPSA) is 12.5 Å². The second-order valence-corrected chi connectivity index (χ2v) is 4.56. The summed E-state index contributed by atoms with van der Waals surface area (Å²) in [4.78, 5) is 2.05. The monoisotopic (exact) mass is 283 g/mol. The van der Waals surface area contributed by atoms with Crippen LogP contribution in [0.3, 0.4) is 0 Å². The van der Waals surface area contributed by atoms with E-state index in [0.717, 1.165) is 6.54 Å². The van der Waals surface area contributed by atoms with E-state index >= 15 is 0 Å². The van der Waals surface area contributed by atoms with Crippen LogP contribution >= 0.6 is 35.6 Å². The first-order chi connectivity index (χ1) is 7.00. The van der Waals surface area contributed by atoms with Crippen LogP contribution in [0.1, 0.15) is 6.92 Å². The lowest BCUT2D eigenvalue weighted by molar-refractivity contribution is 0.177. The average molecular weight is 285 g/mol. The number of nitrogens with zero attached hydrogens (tertiary/aromatic N) is 1. The van der Waals surface area contributed by atoms with Crippen molar-refractivity contribution in [3.05, 3.63) is 28.2 Å². The quantitative estimate of drug-likeness (QED) is 0.835. The number of halogens is 3. The molecule has 16 heavy (non-hydrogen) atoms. The van der Waals surface area contributed by atoms with Crippen LogP contribution in [0.15, 0.2) is 18.2 Å². The predicted molar refractivity (Wildman–Crippen MR) is 72.4 cm³/mol. The lowest BCUT2D eigenvalue weighted by atomic mass is 10.3. The molecule has 92 valence electrons. The van der Waals surface area contributed by atoms with Gasteiger partial charge in [0.05, 0.1) is 10.0 Å². The maximum absolute atomic E-state index is 5.99. The van der Waals surface area contributed by atoms with Crippen molar-refractivity contribution in [1.29, 1.82) is 0 Å². The fraction of sp³-hybridized carbons (Fsp3) is 0.455. The van der Waals surface area contributed by atoms with Gasteiger partial charge >= 0.3 is 0 Å². The summed E-state index contributed by atoms with van der Waals surface area (Å²) in [7, 11) is 3.99. The van der Waals surface area contributed by atoms with E-state index < -0.39 is 0 Å². The molecule has 0 aromatic heterocycles. The normalized spacial score (nSPS) is 12.1. The first-order valence-corrected chi connectivity index (χ1v) is 5.51. The molecule has 1 unspecified atom stereocenters. The van der Waals surface area contributed by atoms with E-state index in [9.17, 15) is 0 Å². The van der Waals surface area contributed by atoms with Crippen molar-refractivity contribution >= 4 is 35.6 Å². The van der Waals surface area contributed by atoms with Gasteiger partial charge in [0.2, 0.25) is 0 Å². The molecule has 0 radical (unpaired) electrons. The zero-order chi connectivity index (χ0) is 11.4. The summed E-state index contributed by atoms with van der Waals surface area (Å²) in [5, 5.41) is 1.10. The maximum Gasteiger partial charge on any atom is 0.156 e. The molecule has 0 N–H and O–H groups in total. The third-order valence-corrected chi connectivity index (χ3v) is 2.46. The summed E-state index contributed by atoms with van der Waals surface area (Å²) < 4.78 is 5.68. The zero-order valence-electron chi connectivity index (χ0n) is 9.54. The predicted octanol–water partition coefficient (Wildman–Crippen LogP) is 3.74. The van der Waals surface area contributed by atoms with Crippen molar-refractivity contribution in [2.24, 2.45) is 0 Å². The van der Waals surface area contributed by atoms with Crippen molar-refractivity contribution in [3.8, 4) is 5.75 Å². The molecule has 0 fully saturated rings. The van der Waals surface area contributed by atoms with Crippen LogP contribution in [0.25, 0.3) is 0 Å². The largest absolute Gasteiger partial charge is 0.486 e. The molecule has 1 aromatic carbocycles. The molecule has 1 atom stereocenters. The summed E-state index contributed by atoms with van der Waals surface area (Å²) in [6.45, 7) is 2.81.